The maximum atomic E-state index is 12.9. The first kappa shape index (κ1) is 25.9. The average Bonchev–Trinajstić information content (AvgIpc) is 3.07. The number of carbonyl (C=O) groups is 4. The lowest BCUT2D eigenvalue weighted by Gasteiger charge is -2.26. The van der Waals surface area contributed by atoms with Crippen LogP contribution in [0.25, 0.3) is 0 Å². The van der Waals surface area contributed by atoms with Gasteiger partial charge in [-0.1, -0.05) is 26.0 Å². The fourth-order valence-electron chi connectivity index (χ4n) is 4.33. The van der Waals surface area contributed by atoms with E-state index in [0.717, 1.165) is 4.90 Å². The van der Waals surface area contributed by atoms with E-state index < -0.39 is 53.1 Å². The molecule has 0 aromatic heterocycles. The van der Waals surface area contributed by atoms with E-state index in [-0.39, 0.29) is 29.5 Å². The van der Waals surface area contributed by atoms with Crippen LogP contribution in [-0.2, 0) is 23.9 Å². The highest BCUT2D eigenvalue weighted by atomic mass is 16.6. The molecule has 1 aliphatic heterocycles. The van der Waals surface area contributed by atoms with Crippen LogP contribution in [0, 0.1) is 27.9 Å². The number of nitrogens with one attached hydrogen (secondary N) is 1. The summed E-state index contributed by atoms with van der Waals surface area (Å²) < 4.78 is 10.4. The number of esters is 1. The number of nitrogens with zero attached hydrogens (tertiary/aromatic N) is 2. The third-order valence-electron chi connectivity index (χ3n) is 5.92. The Morgan fingerprint density at radius 3 is 2.34 bits per heavy atom. The van der Waals surface area contributed by atoms with E-state index >= 15 is 0 Å². The quantitative estimate of drug-likeness (QED) is 0.174. The lowest BCUT2D eigenvalue weighted by molar-refractivity contribution is -0.384. The molecule has 11 heteroatoms. The van der Waals surface area contributed by atoms with Crippen LogP contribution in [-0.4, -0.2) is 52.8 Å². The maximum absolute atomic E-state index is 12.9. The Hall–Kier alpha value is -3.76. The number of ether oxygens (including phenoxy) is 2. The molecule has 1 fully saturated rings. The van der Waals surface area contributed by atoms with Gasteiger partial charge in [-0.2, -0.15) is 0 Å². The fourth-order valence-corrected chi connectivity index (χ4v) is 4.33. The first-order valence-electron chi connectivity index (χ1n) is 11.5. The number of imide groups is 1. The predicted molar refractivity (Wildman–Crippen MR) is 124 cm³/mol. The minimum atomic E-state index is -1.15. The second-order valence-electron chi connectivity index (χ2n) is 8.87. The Kier molecular flexibility index (Phi) is 8.21. The van der Waals surface area contributed by atoms with Gasteiger partial charge in [0.25, 0.3) is 11.6 Å². The highest BCUT2D eigenvalue weighted by Gasteiger charge is 2.51. The van der Waals surface area contributed by atoms with Gasteiger partial charge >= 0.3 is 5.97 Å². The van der Waals surface area contributed by atoms with E-state index in [9.17, 15) is 29.3 Å². The molecule has 0 bridgehead atoms. The normalized spacial score (nSPS) is 19.9. The Balaban J connectivity index is 1.68. The lowest BCUT2D eigenvalue weighted by Crippen LogP contribution is -2.47. The summed E-state index contributed by atoms with van der Waals surface area (Å²) >= 11 is 0. The molecule has 2 aliphatic rings. The van der Waals surface area contributed by atoms with E-state index in [1.807, 2.05) is 26.0 Å². The third-order valence-corrected chi connectivity index (χ3v) is 5.92. The molecular formula is C24H29N3O8. The van der Waals surface area contributed by atoms with Crippen molar-refractivity contribution < 1.29 is 33.6 Å². The number of nitro benzene ring substituents is 1. The number of hydrogen-bond donors (Lipinski definition) is 1. The van der Waals surface area contributed by atoms with Gasteiger partial charge in [0.05, 0.1) is 29.4 Å². The standard InChI is InChI=1S/C24H29N3O8/c1-4-34-15-9-10-18(19(12-15)27(32)33)25-21(28)13-35-24(31)20(11-14(2)3)26-22(29)16-7-5-6-8-17(16)23(26)30/h5-6,9-10,12,14,16-17,20H,4,7-8,11,13H2,1-3H3,(H,25,28). The molecule has 0 spiro atoms. The molecule has 1 aromatic rings. The van der Waals surface area contributed by atoms with Gasteiger partial charge < -0.3 is 14.8 Å². The van der Waals surface area contributed by atoms with Crippen molar-refractivity contribution in [3.63, 3.8) is 0 Å². The SMILES string of the molecule is CCOc1ccc(NC(=O)COC(=O)C(CC(C)C)N2C(=O)C3CC=CCC3C2=O)c([N+](=O)[O-])c1. The van der Waals surface area contributed by atoms with Crippen LogP contribution in [0.2, 0.25) is 0 Å². The van der Waals surface area contributed by atoms with Gasteiger partial charge in [0.1, 0.15) is 17.5 Å². The number of allylic oxidation sites excluding steroid dienone is 2. The molecule has 1 aliphatic carbocycles. The monoisotopic (exact) mass is 487 g/mol. The number of benzene rings is 1. The van der Waals surface area contributed by atoms with Crippen molar-refractivity contribution >= 4 is 35.1 Å². The summed E-state index contributed by atoms with van der Waals surface area (Å²) in [6.45, 7) is 5.00. The Labute approximate surface area is 202 Å². The number of anilines is 1. The van der Waals surface area contributed by atoms with Crippen molar-refractivity contribution in [1.82, 2.24) is 4.90 Å². The molecule has 0 saturated carbocycles. The zero-order chi connectivity index (χ0) is 25.7. The molecule has 1 N–H and O–H groups in total. The smallest absolute Gasteiger partial charge is 0.329 e. The van der Waals surface area contributed by atoms with E-state index in [0.29, 0.717) is 19.4 Å². The third kappa shape index (κ3) is 5.84. The number of likely N-dealkylation sites (tertiary alicyclic amines) is 1. The van der Waals surface area contributed by atoms with Gasteiger partial charge in [-0.05, 0) is 44.2 Å². The zero-order valence-electron chi connectivity index (χ0n) is 19.9. The fraction of sp³-hybridized carbons (Fsp3) is 0.500. The van der Waals surface area contributed by atoms with Gasteiger partial charge in [0.15, 0.2) is 6.61 Å². The zero-order valence-corrected chi connectivity index (χ0v) is 19.9. The second-order valence-corrected chi connectivity index (χ2v) is 8.87. The van der Waals surface area contributed by atoms with E-state index in [2.05, 4.69) is 5.32 Å². The van der Waals surface area contributed by atoms with Crippen molar-refractivity contribution in [3.05, 3.63) is 40.5 Å². The molecule has 188 valence electrons. The summed E-state index contributed by atoms with van der Waals surface area (Å²) in [6.07, 6.45) is 4.79. The van der Waals surface area contributed by atoms with Crippen molar-refractivity contribution in [2.75, 3.05) is 18.5 Å². The number of nitro groups is 1. The molecule has 3 unspecified atom stereocenters. The van der Waals surface area contributed by atoms with Crippen LogP contribution in [0.1, 0.15) is 40.0 Å². The minimum Gasteiger partial charge on any atom is -0.494 e. The van der Waals surface area contributed by atoms with Gasteiger partial charge in [0.2, 0.25) is 11.8 Å². The molecule has 3 rings (SSSR count). The van der Waals surface area contributed by atoms with Gasteiger partial charge in [0, 0.05) is 0 Å². The summed E-state index contributed by atoms with van der Waals surface area (Å²) in [6, 6.07) is 2.83. The summed E-state index contributed by atoms with van der Waals surface area (Å²) in [5.41, 5.74) is -0.461. The van der Waals surface area contributed by atoms with Crippen LogP contribution in [0.4, 0.5) is 11.4 Å². The molecule has 35 heavy (non-hydrogen) atoms. The molecule has 0 radical (unpaired) electrons. The van der Waals surface area contributed by atoms with Gasteiger partial charge in [-0.25, -0.2) is 4.79 Å². The molecule has 1 saturated heterocycles. The van der Waals surface area contributed by atoms with E-state index in [1.165, 1.54) is 18.2 Å². The van der Waals surface area contributed by atoms with Gasteiger partial charge in [-0.15, -0.1) is 0 Å². The van der Waals surface area contributed by atoms with Crippen LogP contribution >= 0.6 is 0 Å². The maximum Gasteiger partial charge on any atom is 0.329 e. The molecule has 1 heterocycles. The van der Waals surface area contributed by atoms with Crippen molar-refractivity contribution in [2.45, 2.75) is 46.1 Å². The highest BCUT2D eigenvalue weighted by molar-refractivity contribution is 6.08. The topological polar surface area (TPSA) is 145 Å². The van der Waals surface area contributed by atoms with Crippen molar-refractivity contribution in [2.24, 2.45) is 17.8 Å². The summed E-state index contributed by atoms with van der Waals surface area (Å²) in [5.74, 6) is -3.21. The first-order chi connectivity index (χ1) is 16.6. The minimum absolute atomic E-state index is 0.0331. The Bertz CT molecular complexity index is 1030. The highest BCUT2D eigenvalue weighted by Crippen LogP contribution is 2.37. The van der Waals surface area contributed by atoms with Crippen LogP contribution in [0.15, 0.2) is 30.4 Å². The number of carbonyl (C=O) groups excluding carboxylic acids is 4. The lowest BCUT2D eigenvalue weighted by atomic mass is 9.85. The molecule has 11 nitrogen and oxygen atoms in total. The first-order valence-corrected chi connectivity index (χ1v) is 11.5. The number of rotatable bonds is 10. The molecule has 3 amide bonds. The Morgan fingerprint density at radius 2 is 1.80 bits per heavy atom. The number of fused-ring (bicyclic) bond motifs is 1. The largest absolute Gasteiger partial charge is 0.494 e. The second kappa shape index (κ2) is 11.1. The van der Waals surface area contributed by atoms with Crippen molar-refractivity contribution in [1.29, 1.82) is 0 Å². The Morgan fingerprint density at radius 1 is 1.17 bits per heavy atom. The number of amides is 3. The summed E-state index contributed by atoms with van der Waals surface area (Å²) in [7, 11) is 0. The van der Waals surface area contributed by atoms with Crippen LogP contribution in [0.3, 0.4) is 0 Å². The average molecular weight is 488 g/mol. The van der Waals surface area contributed by atoms with Gasteiger partial charge in [-0.3, -0.25) is 29.4 Å². The van der Waals surface area contributed by atoms with E-state index in [1.54, 1.807) is 6.92 Å². The van der Waals surface area contributed by atoms with Crippen molar-refractivity contribution in [3.8, 4) is 5.75 Å². The molecule has 3 atom stereocenters. The molecular weight excluding hydrogens is 458 g/mol. The molecule has 1 aromatic carbocycles. The summed E-state index contributed by atoms with van der Waals surface area (Å²) in [5, 5.41) is 13.7. The van der Waals surface area contributed by atoms with Crippen LogP contribution in [0.5, 0.6) is 5.75 Å². The van der Waals surface area contributed by atoms with E-state index in [4.69, 9.17) is 9.47 Å². The van der Waals surface area contributed by atoms with Crippen LogP contribution < -0.4 is 10.1 Å². The number of hydrogen-bond acceptors (Lipinski definition) is 8. The summed E-state index contributed by atoms with van der Waals surface area (Å²) in [4.78, 5) is 62.9. The predicted octanol–water partition coefficient (Wildman–Crippen LogP) is 2.84.